The van der Waals surface area contributed by atoms with E-state index < -0.39 is 0 Å². The third-order valence-electron chi connectivity index (χ3n) is 1.19. The van der Waals surface area contributed by atoms with Crippen molar-refractivity contribution in [3.05, 3.63) is 0 Å². The van der Waals surface area contributed by atoms with Crippen molar-refractivity contribution in [3.8, 4) is 0 Å². The highest BCUT2D eigenvalue weighted by molar-refractivity contribution is 6.40. The normalized spacial score (nSPS) is 12.2. The fraction of sp³-hybridized carbons (Fsp3) is 0.778. The molecule has 66 valence electrons. The van der Waals surface area contributed by atoms with Crippen molar-refractivity contribution in [1.82, 2.24) is 0 Å². The summed E-state index contributed by atoms with van der Waals surface area (Å²) in [6, 6.07) is 0. The molecule has 2 nitrogen and oxygen atoms in total. The van der Waals surface area contributed by atoms with Crippen LogP contribution >= 0.6 is 0 Å². The molecule has 0 amide bonds. The molecule has 0 aromatic carbocycles. The standard InChI is InChI=1S/C6H12N2.C3H8/c1-5(7-3)6(2)8-4;1-3-2/h1-4H3;3H2,1-2H3. The Morgan fingerprint density at radius 2 is 1.09 bits per heavy atom. The zero-order chi connectivity index (χ0) is 9.28. The Morgan fingerprint density at radius 1 is 0.909 bits per heavy atom. The maximum Gasteiger partial charge on any atom is 0.0520 e. The summed E-state index contributed by atoms with van der Waals surface area (Å²) < 4.78 is 0. The van der Waals surface area contributed by atoms with Crippen LogP contribution in [0.2, 0.25) is 0 Å². The molecule has 0 aliphatic rings. The topological polar surface area (TPSA) is 24.7 Å². The maximum atomic E-state index is 3.95. The summed E-state index contributed by atoms with van der Waals surface area (Å²) in [6.45, 7) is 8.14. The second-order valence-electron chi connectivity index (χ2n) is 2.33. The van der Waals surface area contributed by atoms with E-state index in [0.29, 0.717) is 0 Å². The highest BCUT2D eigenvalue weighted by Gasteiger charge is 1.89. The van der Waals surface area contributed by atoms with Crippen molar-refractivity contribution in [1.29, 1.82) is 0 Å². The van der Waals surface area contributed by atoms with Crippen LogP contribution < -0.4 is 0 Å². The van der Waals surface area contributed by atoms with Crippen LogP contribution in [0.5, 0.6) is 0 Å². The van der Waals surface area contributed by atoms with Gasteiger partial charge in [0.05, 0.1) is 11.4 Å². The summed E-state index contributed by atoms with van der Waals surface area (Å²) >= 11 is 0. The Kier molecular flexibility index (Phi) is 11.0. The molecule has 0 N–H and O–H groups in total. The Bertz CT molecular complexity index is 118. The highest BCUT2D eigenvalue weighted by atomic mass is 14.7. The molecule has 0 fully saturated rings. The molecule has 2 heteroatoms. The van der Waals surface area contributed by atoms with E-state index in [-0.39, 0.29) is 0 Å². The second kappa shape index (κ2) is 9.34. The molecule has 0 unspecified atom stereocenters. The van der Waals surface area contributed by atoms with Gasteiger partial charge in [0, 0.05) is 14.1 Å². The molecule has 0 atom stereocenters. The van der Waals surface area contributed by atoms with E-state index in [2.05, 4.69) is 23.8 Å². The average molecular weight is 156 g/mol. The number of hydrogen-bond donors (Lipinski definition) is 0. The van der Waals surface area contributed by atoms with Crippen LogP contribution in [0.3, 0.4) is 0 Å². The summed E-state index contributed by atoms with van der Waals surface area (Å²) in [7, 11) is 3.54. The lowest BCUT2D eigenvalue weighted by molar-refractivity contribution is 1.09. The Balaban J connectivity index is 0. The van der Waals surface area contributed by atoms with Gasteiger partial charge in [-0.05, 0) is 13.8 Å². The van der Waals surface area contributed by atoms with E-state index in [4.69, 9.17) is 0 Å². The summed E-state index contributed by atoms with van der Waals surface area (Å²) in [6.07, 6.45) is 1.25. The van der Waals surface area contributed by atoms with Gasteiger partial charge >= 0.3 is 0 Å². The zero-order valence-electron chi connectivity index (χ0n) is 8.60. The Labute approximate surface area is 70.5 Å². The lowest BCUT2D eigenvalue weighted by atomic mass is 10.3. The molecule has 0 heterocycles. The molecular formula is C9H20N2. The number of nitrogens with zero attached hydrogens (tertiary/aromatic N) is 2. The molecule has 0 radical (unpaired) electrons. The second-order valence-corrected chi connectivity index (χ2v) is 2.33. The fourth-order valence-electron chi connectivity index (χ4n) is 0.324. The monoisotopic (exact) mass is 156 g/mol. The molecule has 0 saturated carbocycles. The SMILES string of the molecule is CCC.CN=C(C)C(C)=NC. The lowest BCUT2D eigenvalue weighted by Gasteiger charge is -1.92. The molecule has 0 spiro atoms. The van der Waals surface area contributed by atoms with Gasteiger partial charge in [-0.2, -0.15) is 0 Å². The van der Waals surface area contributed by atoms with Crippen molar-refractivity contribution < 1.29 is 0 Å². The van der Waals surface area contributed by atoms with E-state index >= 15 is 0 Å². The van der Waals surface area contributed by atoms with Crippen molar-refractivity contribution >= 4 is 11.4 Å². The Hall–Kier alpha value is -0.660. The third kappa shape index (κ3) is 9.34. The first-order valence-corrected chi connectivity index (χ1v) is 4.01. The summed E-state index contributed by atoms with van der Waals surface area (Å²) in [5.41, 5.74) is 2.01. The smallest absolute Gasteiger partial charge is 0.0520 e. The molecule has 0 aliphatic heterocycles. The molecule has 11 heavy (non-hydrogen) atoms. The quantitative estimate of drug-likeness (QED) is 0.521. The maximum absolute atomic E-state index is 3.95. The number of hydrogen-bond acceptors (Lipinski definition) is 2. The number of aliphatic imine (C=N–C) groups is 2. The van der Waals surface area contributed by atoms with Gasteiger partial charge in [-0.25, -0.2) is 0 Å². The minimum absolute atomic E-state index is 1.01. The van der Waals surface area contributed by atoms with E-state index in [1.807, 2.05) is 13.8 Å². The van der Waals surface area contributed by atoms with E-state index in [9.17, 15) is 0 Å². The predicted octanol–water partition coefficient (Wildman–Crippen LogP) is 2.58. The van der Waals surface area contributed by atoms with Crippen molar-refractivity contribution in [2.24, 2.45) is 9.98 Å². The van der Waals surface area contributed by atoms with Crippen LogP contribution in [-0.4, -0.2) is 25.5 Å². The van der Waals surface area contributed by atoms with E-state index in [0.717, 1.165) is 11.4 Å². The van der Waals surface area contributed by atoms with Crippen LogP contribution in [0.1, 0.15) is 34.1 Å². The van der Waals surface area contributed by atoms with Crippen LogP contribution in [0.4, 0.5) is 0 Å². The van der Waals surface area contributed by atoms with E-state index in [1.54, 1.807) is 14.1 Å². The lowest BCUT2D eigenvalue weighted by Crippen LogP contribution is -2.03. The van der Waals surface area contributed by atoms with Gasteiger partial charge in [-0.1, -0.05) is 20.3 Å². The summed E-state index contributed by atoms with van der Waals surface area (Å²) in [5, 5.41) is 0. The van der Waals surface area contributed by atoms with Gasteiger partial charge in [0.25, 0.3) is 0 Å². The molecule has 0 aromatic heterocycles. The van der Waals surface area contributed by atoms with Gasteiger partial charge in [-0.3, -0.25) is 9.98 Å². The molecule has 0 bridgehead atoms. The first-order chi connectivity index (χ1) is 5.13. The third-order valence-corrected chi connectivity index (χ3v) is 1.19. The molecule has 0 aliphatic carbocycles. The summed E-state index contributed by atoms with van der Waals surface area (Å²) in [5.74, 6) is 0. The van der Waals surface area contributed by atoms with Crippen LogP contribution in [-0.2, 0) is 0 Å². The van der Waals surface area contributed by atoms with Crippen LogP contribution in [0, 0.1) is 0 Å². The molecule has 0 rings (SSSR count). The zero-order valence-corrected chi connectivity index (χ0v) is 8.60. The van der Waals surface area contributed by atoms with Crippen LogP contribution in [0.15, 0.2) is 9.98 Å². The largest absolute Gasteiger partial charge is 0.292 e. The van der Waals surface area contributed by atoms with Gasteiger partial charge in [-0.15, -0.1) is 0 Å². The average Bonchev–Trinajstić information content (AvgIpc) is 2.03. The Morgan fingerprint density at radius 3 is 1.18 bits per heavy atom. The van der Waals surface area contributed by atoms with E-state index in [1.165, 1.54) is 6.42 Å². The minimum atomic E-state index is 1.01. The molecular weight excluding hydrogens is 136 g/mol. The minimum Gasteiger partial charge on any atom is -0.292 e. The van der Waals surface area contributed by atoms with Gasteiger partial charge in [0.2, 0.25) is 0 Å². The number of rotatable bonds is 1. The van der Waals surface area contributed by atoms with Gasteiger partial charge < -0.3 is 0 Å². The molecule has 0 saturated heterocycles. The highest BCUT2D eigenvalue weighted by Crippen LogP contribution is 1.79. The predicted molar refractivity (Wildman–Crippen MR) is 54.0 cm³/mol. The first kappa shape index (κ1) is 13.0. The van der Waals surface area contributed by atoms with Crippen molar-refractivity contribution in [2.75, 3.05) is 14.1 Å². The fourth-order valence-corrected chi connectivity index (χ4v) is 0.324. The van der Waals surface area contributed by atoms with Gasteiger partial charge in [0.1, 0.15) is 0 Å². The first-order valence-electron chi connectivity index (χ1n) is 4.01. The van der Waals surface area contributed by atoms with Crippen molar-refractivity contribution in [2.45, 2.75) is 34.1 Å². The van der Waals surface area contributed by atoms with Gasteiger partial charge in [0.15, 0.2) is 0 Å². The molecule has 0 aromatic rings. The van der Waals surface area contributed by atoms with Crippen LogP contribution in [0.25, 0.3) is 0 Å². The summed E-state index contributed by atoms with van der Waals surface area (Å²) in [4.78, 5) is 7.89. The van der Waals surface area contributed by atoms with Crippen molar-refractivity contribution in [3.63, 3.8) is 0 Å².